The molecule has 146 valence electrons. The first-order valence-electron chi connectivity index (χ1n) is 9.61. The zero-order valence-corrected chi connectivity index (χ0v) is 17.0. The first-order chi connectivity index (χ1) is 13.9. The molecular weight excluding hydrogens is 384 g/mol. The summed E-state index contributed by atoms with van der Waals surface area (Å²) in [5.74, 6) is 0.801. The molecule has 0 unspecified atom stereocenters. The highest BCUT2D eigenvalue weighted by Gasteiger charge is 2.36. The molecule has 2 heterocycles. The molecule has 0 spiro atoms. The van der Waals surface area contributed by atoms with Crippen LogP contribution in [0.1, 0.15) is 52.7 Å². The quantitative estimate of drug-likeness (QED) is 0.639. The van der Waals surface area contributed by atoms with Gasteiger partial charge in [-0.3, -0.25) is 9.59 Å². The van der Waals surface area contributed by atoms with Crippen molar-refractivity contribution in [2.75, 3.05) is 5.32 Å². The van der Waals surface area contributed by atoms with E-state index < -0.39 is 5.92 Å². The Bertz CT molecular complexity index is 1100. The van der Waals surface area contributed by atoms with Gasteiger partial charge in [0.05, 0.1) is 16.5 Å². The van der Waals surface area contributed by atoms with E-state index in [0.717, 1.165) is 23.2 Å². The Morgan fingerprint density at radius 1 is 1.07 bits per heavy atom. The summed E-state index contributed by atoms with van der Waals surface area (Å²) in [5.41, 5.74) is 2.33. The molecule has 0 fully saturated rings. The lowest BCUT2D eigenvalue weighted by molar-refractivity contribution is -0.116. The maximum absolute atomic E-state index is 13.3. The van der Waals surface area contributed by atoms with Crippen molar-refractivity contribution in [2.45, 2.75) is 32.6 Å². The molecular formula is C23H20N2O3S. The molecule has 0 saturated heterocycles. The second-order valence-electron chi connectivity index (χ2n) is 8.34. The number of para-hydroxylation sites is 2. The number of aromatic nitrogens is 1. The minimum Gasteiger partial charge on any atom is -0.457 e. The number of benzene rings is 2. The molecule has 0 bridgehead atoms. The molecule has 3 aromatic rings. The Hall–Kier alpha value is -2.99. The summed E-state index contributed by atoms with van der Waals surface area (Å²) >= 11 is 1.28. The number of nitrogens with one attached hydrogen (secondary N) is 1. The number of thiazole rings is 1. The van der Waals surface area contributed by atoms with Gasteiger partial charge in [-0.1, -0.05) is 61.6 Å². The van der Waals surface area contributed by atoms with Gasteiger partial charge in [-0.25, -0.2) is 4.98 Å². The van der Waals surface area contributed by atoms with Gasteiger partial charge in [-0.05, 0) is 24.0 Å². The van der Waals surface area contributed by atoms with Gasteiger partial charge >= 0.3 is 0 Å². The number of anilines is 1. The third-order valence-electron chi connectivity index (χ3n) is 5.41. The summed E-state index contributed by atoms with van der Waals surface area (Å²) in [5, 5.41) is 3.44. The Morgan fingerprint density at radius 3 is 2.34 bits per heavy atom. The highest BCUT2D eigenvalue weighted by Crippen LogP contribution is 2.45. The predicted molar refractivity (Wildman–Crippen MR) is 112 cm³/mol. The van der Waals surface area contributed by atoms with Gasteiger partial charge < -0.3 is 10.1 Å². The molecule has 29 heavy (non-hydrogen) atoms. The van der Waals surface area contributed by atoms with Crippen molar-refractivity contribution < 1.29 is 14.3 Å². The molecule has 0 saturated carbocycles. The monoisotopic (exact) mass is 404 g/mol. The summed E-state index contributed by atoms with van der Waals surface area (Å²) in [6.45, 7) is 4.14. The largest absolute Gasteiger partial charge is 0.457 e. The number of rotatable bonds is 2. The van der Waals surface area contributed by atoms with Crippen LogP contribution in [-0.2, 0) is 11.2 Å². The lowest BCUT2D eigenvalue weighted by Crippen LogP contribution is -2.26. The van der Waals surface area contributed by atoms with Crippen LogP contribution in [0.3, 0.4) is 0 Å². The van der Waals surface area contributed by atoms with Crippen LogP contribution in [0.5, 0.6) is 11.5 Å². The topological polar surface area (TPSA) is 68.3 Å². The van der Waals surface area contributed by atoms with Crippen molar-refractivity contribution in [3.8, 4) is 11.5 Å². The predicted octanol–water partition coefficient (Wildman–Crippen LogP) is 5.17. The van der Waals surface area contributed by atoms with E-state index >= 15 is 0 Å². The third kappa shape index (κ3) is 3.13. The smallest absolute Gasteiger partial charge is 0.238 e. The highest BCUT2D eigenvalue weighted by atomic mass is 32.1. The fraction of sp³-hybridized carbons (Fsp3) is 0.261. The van der Waals surface area contributed by atoms with Gasteiger partial charge in [-0.15, -0.1) is 0 Å². The SMILES string of the molecule is CC1(C)CC(=O)c2sc(NC(=O)C3c4ccccc4Oc4ccccc43)nc2C1. The molecule has 1 N–H and O–H groups in total. The Morgan fingerprint density at radius 2 is 1.69 bits per heavy atom. The molecule has 1 aliphatic heterocycles. The first kappa shape index (κ1) is 18.1. The van der Waals surface area contributed by atoms with Crippen LogP contribution in [0.15, 0.2) is 48.5 Å². The summed E-state index contributed by atoms with van der Waals surface area (Å²) < 4.78 is 5.97. The van der Waals surface area contributed by atoms with Crippen molar-refractivity contribution in [3.05, 3.63) is 70.2 Å². The van der Waals surface area contributed by atoms with Crippen LogP contribution in [0, 0.1) is 5.41 Å². The van der Waals surface area contributed by atoms with Crippen LogP contribution < -0.4 is 10.1 Å². The number of amides is 1. The molecule has 0 atom stereocenters. The molecule has 2 aromatic carbocycles. The summed E-state index contributed by atoms with van der Waals surface area (Å²) in [6, 6.07) is 15.2. The minimum atomic E-state index is -0.496. The maximum atomic E-state index is 13.3. The zero-order chi connectivity index (χ0) is 20.2. The van der Waals surface area contributed by atoms with Gasteiger partial charge in [0.1, 0.15) is 11.5 Å². The summed E-state index contributed by atoms with van der Waals surface area (Å²) in [6.07, 6.45) is 1.25. The van der Waals surface area contributed by atoms with Crippen molar-refractivity contribution in [1.29, 1.82) is 0 Å². The number of carbonyl (C=O) groups excluding carboxylic acids is 2. The molecule has 1 aliphatic carbocycles. The number of ketones is 1. The van der Waals surface area contributed by atoms with E-state index in [-0.39, 0.29) is 17.1 Å². The summed E-state index contributed by atoms with van der Waals surface area (Å²) in [4.78, 5) is 31.1. The lowest BCUT2D eigenvalue weighted by atomic mass is 9.78. The normalized spacial score (nSPS) is 17.0. The highest BCUT2D eigenvalue weighted by molar-refractivity contribution is 7.17. The number of hydrogen-bond donors (Lipinski definition) is 1. The van der Waals surface area contributed by atoms with Crippen molar-refractivity contribution in [2.24, 2.45) is 5.41 Å². The molecule has 1 aromatic heterocycles. The van der Waals surface area contributed by atoms with Crippen LogP contribution in [-0.4, -0.2) is 16.7 Å². The maximum Gasteiger partial charge on any atom is 0.238 e. The van der Waals surface area contributed by atoms with Gasteiger partial charge in [0.25, 0.3) is 0 Å². The minimum absolute atomic E-state index is 0.0992. The van der Waals surface area contributed by atoms with Crippen molar-refractivity contribution in [1.82, 2.24) is 4.98 Å². The van der Waals surface area contributed by atoms with E-state index in [1.54, 1.807) is 0 Å². The van der Waals surface area contributed by atoms with Crippen molar-refractivity contribution >= 4 is 28.2 Å². The van der Waals surface area contributed by atoms with Crippen LogP contribution in [0.2, 0.25) is 0 Å². The Kier molecular flexibility index (Phi) is 4.06. The fourth-order valence-corrected chi connectivity index (χ4v) is 5.07. The second kappa shape index (κ2) is 6.52. The molecule has 0 radical (unpaired) electrons. The van der Waals surface area contributed by atoms with Crippen LogP contribution in [0.25, 0.3) is 0 Å². The van der Waals surface area contributed by atoms with Gasteiger partial charge in [0.15, 0.2) is 10.9 Å². The van der Waals surface area contributed by atoms with E-state index in [1.807, 2.05) is 48.5 Å². The van der Waals surface area contributed by atoms with Gasteiger partial charge in [-0.2, -0.15) is 0 Å². The molecule has 5 rings (SSSR count). The van der Waals surface area contributed by atoms with Crippen molar-refractivity contribution in [3.63, 3.8) is 0 Å². The van der Waals surface area contributed by atoms with E-state index in [4.69, 9.17) is 4.74 Å². The standard InChI is InChI=1S/C23H20N2O3S/c1-23(2)11-15-20(16(26)12-23)29-22(24-15)25-21(27)19-13-7-3-5-9-17(13)28-18-10-6-4-8-14(18)19/h3-10,19H,11-12H2,1-2H3,(H,24,25,27). The van der Waals surface area contributed by atoms with Gasteiger partial charge in [0, 0.05) is 17.5 Å². The average molecular weight is 404 g/mol. The second-order valence-corrected chi connectivity index (χ2v) is 9.33. The Balaban J connectivity index is 1.49. The summed E-state index contributed by atoms with van der Waals surface area (Å²) in [7, 11) is 0. The number of hydrogen-bond acceptors (Lipinski definition) is 5. The number of carbonyl (C=O) groups is 2. The number of Topliss-reactive ketones (excluding diaryl/α,β-unsaturated/α-hetero) is 1. The fourth-order valence-electron chi connectivity index (χ4n) is 4.14. The van der Waals surface area contributed by atoms with Crippen LogP contribution >= 0.6 is 11.3 Å². The number of ether oxygens (including phenoxy) is 1. The lowest BCUT2D eigenvalue weighted by Gasteiger charge is -2.27. The third-order valence-corrected chi connectivity index (χ3v) is 6.46. The Labute approximate surface area is 172 Å². The van der Waals surface area contributed by atoms with E-state index in [9.17, 15) is 9.59 Å². The average Bonchev–Trinajstić information content (AvgIpc) is 3.07. The zero-order valence-electron chi connectivity index (χ0n) is 16.2. The van der Waals surface area contributed by atoms with Gasteiger partial charge in [0.2, 0.25) is 5.91 Å². The van der Waals surface area contributed by atoms with E-state index in [1.165, 1.54) is 11.3 Å². The molecule has 5 nitrogen and oxygen atoms in total. The van der Waals surface area contributed by atoms with E-state index in [0.29, 0.717) is 27.9 Å². The molecule has 6 heteroatoms. The van der Waals surface area contributed by atoms with Crippen LogP contribution in [0.4, 0.5) is 5.13 Å². The molecule has 1 amide bonds. The first-order valence-corrected chi connectivity index (χ1v) is 10.4. The number of fused-ring (bicyclic) bond motifs is 3. The number of nitrogens with zero attached hydrogens (tertiary/aromatic N) is 1. The van der Waals surface area contributed by atoms with E-state index in [2.05, 4.69) is 24.1 Å². The molecule has 2 aliphatic rings.